The van der Waals surface area contributed by atoms with E-state index in [2.05, 4.69) is 15.9 Å². The van der Waals surface area contributed by atoms with Crippen molar-refractivity contribution in [2.45, 2.75) is 3.98 Å². The van der Waals surface area contributed by atoms with Gasteiger partial charge in [-0.15, -0.1) is 0 Å². The average Bonchev–Trinajstić information content (AvgIpc) is 1.93. The molecule has 0 unspecified atom stereocenters. The molecule has 13 heavy (non-hydrogen) atoms. The van der Waals surface area contributed by atoms with Crippen LogP contribution < -0.4 is 4.74 Å². The second kappa shape index (κ2) is 4.45. The Balaban J connectivity index is 2.90. The first kappa shape index (κ1) is 11.7. The van der Waals surface area contributed by atoms with E-state index in [-0.39, 0.29) is 0 Å². The summed E-state index contributed by atoms with van der Waals surface area (Å²) < 4.78 is 3.84. The highest BCUT2D eigenvalue weighted by Crippen LogP contribution is 2.35. The van der Waals surface area contributed by atoms with Crippen molar-refractivity contribution in [3.63, 3.8) is 0 Å². The Hall–Kier alpha value is 0.660. The summed E-state index contributed by atoms with van der Waals surface area (Å²) in [6.07, 6.45) is 0. The third-order valence-corrected chi connectivity index (χ3v) is 2.21. The Morgan fingerprint density at radius 2 is 1.85 bits per heavy atom. The minimum Gasteiger partial charge on any atom is -0.444 e. The molecular formula is C7H3BrCl4O. The summed E-state index contributed by atoms with van der Waals surface area (Å²) in [5.74, 6) is 0.421. The normalized spacial score (nSPS) is 11.5. The highest BCUT2D eigenvalue weighted by Gasteiger charge is 2.22. The minimum absolute atomic E-state index is 0.421. The van der Waals surface area contributed by atoms with Gasteiger partial charge in [0.25, 0.3) is 0 Å². The third kappa shape index (κ3) is 4.13. The Morgan fingerprint density at radius 1 is 1.23 bits per heavy atom. The maximum absolute atomic E-state index is 5.70. The van der Waals surface area contributed by atoms with Gasteiger partial charge in [0, 0.05) is 5.02 Å². The van der Waals surface area contributed by atoms with Crippen LogP contribution in [-0.4, -0.2) is 3.98 Å². The SMILES string of the molecule is Clc1ccc(OC(Cl)(Cl)Cl)c(Br)c1. The van der Waals surface area contributed by atoms with Crippen molar-refractivity contribution in [1.82, 2.24) is 0 Å². The molecular weight excluding hydrogens is 322 g/mol. The van der Waals surface area contributed by atoms with Crippen molar-refractivity contribution >= 4 is 62.3 Å². The first-order valence-corrected chi connectivity index (χ1v) is 5.40. The smallest absolute Gasteiger partial charge is 0.338 e. The van der Waals surface area contributed by atoms with E-state index in [4.69, 9.17) is 51.1 Å². The summed E-state index contributed by atoms with van der Waals surface area (Å²) in [5.41, 5.74) is 0. The van der Waals surface area contributed by atoms with Gasteiger partial charge in [-0.05, 0) is 68.9 Å². The molecule has 72 valence electrons. The van der Waals surface area contributed by atoms with E-state index in [1.807, 2.05) is 0 Å². The highest BCUT2D eigenvalue weighted by atomic mass is 79.9. The summed E-state index contributed by atoms with van der Waals surface area (Å²) in [7, 11) is 0. The van der Waals surface area contributed by atoms with Gasteiger partial charge in [0.15, 0.2) is 0 Å². The first-order valence-electron chi connectivity index (χ1n) is 3.09. The summed E-state index contributed by atoms with van der Waals surface area (Å²) in [6.45, 7) is 0. The summed E-state index contributed by atoms with van der Waals surface area (Å²) in [5, 5.41) is 0.573. The lowest BCUT2D eigenvalue weighted by molar-refractivity contribution is 0.318. The molecule has 1 nitrogen and oxygen atoms in total. The van der Waals surface area contributed by atoms with Crippen molar-refractivity contribution in [2.75, 3.05) is 0 Å². The van der Waals surface area contributed by atoms with Crippen molar-refractivity contribution in [2.24, 2.45) is 0 Å². The van der Waals surface area contributed by atoms with E-state index in [9.17, 15) is 0 Å². The van der Waals surface area contributed by atoms with Gasteiger partial charge in [0.05, 0.1) is 4.47 Å². The van der Waals surface area contributed by atoms with Crippen molar-refractivity contribution in [1.29, 1.82) is 0 Å². The molecule has 0 saturated heterocycles. The van der Waals surface area contributed by atoms with Crippen LogP contribution in [0.4, 0.5) is 0 Å². The zero-order valence-electron chi connectivity index (χ0n) is 6.03. The lowest BCUT2D eigenvalue weighted by atomic mass is 10.3. The van der Waals surface area contributed by atoms with Crippen LogP contribution in [0.15, 0.2) is 22.7 Å². The molecule has 1 rings (SSSR count). The topological polar surface area (TPSA) is 9.23 Å². The second-order valence-electron chi connectivity index (χ2n) is 2.12. The van der Waals surface area contributed by atoms with Crippen LogP contribution >= 0.6 is 62.3 Å². The molecule has 0 bridgehead atoms. The Morgan fingerprint density at radius 3 is 2.31 bits per heavy atom. The van der Waals surface area contributed by atoms with Gasteiger partial charge in [-0.3, -0.25) is 0 Å². The molecule has 1 aromatic rings. The van der Waals surface area contributed by atoms with Crippen molar-refractivity contribution in [3.8, 4) is 5.75 Å². The van der Waals surface area contributed by atoms with Crippen LogP contribution in [0.2, 0.25) is 5.02 Å². The summed E-state index contributed by atoms with van der Waals surface area (Å²) in [6, 6.07) is 4.89. The number of hydrogen-bond donors (Lipinski definition) is 0. The molecule has 0 fully saturated rings. The molecule has 0 radical (unpaired) electrons. The molecule has 0 aliphatic rings. The molecule has 0 saturated carbocycles. The van der Waals surface area contributed by atoms with E-state index in [1.165, 1.54) is 0 Å². The van der Waals surface area contributed by atoms with Crippen LogP contribution in [0.1, 0.15) is 0 Å². The molecule has 0 aromatic heterocycles. The molecule has 6 heteroatoms. The Labute approximate surface area is 104 Å². The minimum atomic E-state index is -1.77. The van der Waals surface area contributed by atoms with Crippen LogP contribution in [0.5, 0.6) is 5.75 Å². The lowest BCUT2D eigenvalue weighted by Gasteiger charge is -2.14. The maximum Gasteiger partial charge on any atom is 0.338 e. The van der Waals surface area contributed by atoms with Gasteiger partial charge in [0.2, 0.25) is 0 Å². The Bertz CT molecular complexity index is 310. The van der Waals surface area contributed by atoms with E-state index in [1.54, 1.807) is 18.2 Å². The van der Waals surface area contributed by atoms with Crippen LogP contribution in [0.3, 0.4) is 0 Å². The fourth-order valence-corrected chi connectivity index (χ4v) is 1.70. The average molecular weight is 325 g/mol. The lowest BCUT2D eigenvalue weighted by Crippen LogP contribution is -2.12. The second-order valence-corrected chi connectivity index (χ2v) is 5.59. The fraction of sp³-hybridized carbons (Fsp3) is 0.143. The number of hydrogen-bond acceptors (Lipinski definition) is 1. The first-order chi connectivity index (χ1) is 5.88. The molecule has 0 N–H and O–H groups in total. The monoisotopic (exact) mass is 322 g/mol. The molecule has 0 atom stereocenters. The number of halogens is 5. The van der Waals surface area contributed by atoms with Crippen molar-refractivity contribution < 1.29 is 4.74 Å². The predicted octanol–water partition coefficient (Wildman–Crippen LogP) is 4.81. The maximum atomic E-state index is 5.70. The van der Waals surface area contributed by atoms with Gasteiger partial charge in [-0.1, -0.05) is 11.6 Å². The van der Waals surface area contributed by atoms with E-state index < -0.39 is 3.98 Å². The van der Waals surface area contributed by atoms with E-state index in [0.29, 0.717) is 15.2 Å². The van der Waals surface area contributed by atoms with Gasteiger partial charge < -0.3 is 4.74 Å². The zero-order chi connectivity index (χ0) is 10.1. The Kier molecular flexibility index (Phi) is 4.02. The zero-order valence-corrected chi connectivity index (χ0v) is 10.6. The summed E-state index contributed by atoms with van der Waals surface area (Å²) in [4.78, 5) is 0. The molecule has 0 amide bonds. The predicted molar refractivity (Wildman–Crippen MR) is 60.1 cm³/mol. The highest BCUT2D eigenvalue weighted by molar-refractivity contribution is 9.10. The molecule has 0 heterocycles. The van der Waals surface area contributed by atoms with Crippen LogP contribution in [0, 0.1) is 0 Å². The largest absolute Gasteiger partial charge is 0.444 e. The van der Waals surface area contributed by atoms with Gasteiger partial charge >= 0.3 is 3.98 Å². The number of rotatable bonds is 1. The van der Waals surface area contributed by atoms with E-state index >= 15 is 0 Å². The molecule has 1 aromatic carbocycles. The number of benzene rings is 1. The fourth-order valence-electron chi connectivity index (χ4n) is 0.683. The van der Waals surface area contributed by atoms with E-state index in [0.717, 1.165) is 0 Å². The molecule has 0 aliphatic heterocycles. The van der Waals surface area contributed by atoms with Crippen molar-refractivity contribution in [3.05, 3.63) is 27.7 Å². The van der Waals surface area contributed by atoms with Crippen LogP contribution in [-0.2, 0) is 0 Å². The molecule has 0 spiro atoms. The quantitative estimate of drug-likeness (QED) is 0.674. The molecule has 0 aliphatic carbocycles. The number of alkyl halides is 3. The number of ether oxygens (including phenoxy) is 1. The van der Waals surface area contributed by atoms with Gasteiger partial charge in [-0.25, -0.2) is 0 Å². The van der Waals surface area contributed by atoms with Crippen LogP contribution in [0.25, 0.3) is 0 Å². The van der Waals surface area contributed by atoms with Gasteiger partial charge in [-0.2, -0.15) is 0 Å². The third-order valence-electron chi connectivity index (χ3n) is 1.12. The van der Waals surface area contributed by atoms with Gasteiger partial charge in [0.1, 0.15) is 5.75 Å². The standard InChI is InChI=1S/C7H3BrCl4O/c8-5-3-4(9)1-2-6(5)13-7(10,11)12/h1-3H. The summed E-state index contributed by atoms with van der Waals surface area (Å²) >= 11 is 25.2.